The van der Waals surface area contributed by atoms with E-state index in [4.69, 9.17) is 5.11 Å². The van der Waals surface area contributed by atoms with Gasteiger partial charge in [0.05, 0.1) is 6.10 Å². The Morgan fingerprint density at radius 2 is 2.05 bits per heavy atom. The van der Waals surface area contributed by atoms with Crippen LogP contribution in [-0.4, -0.2) is 56.4 Å². The van der Waals surface area contributed by atoms with E-state index in [1.165, 1.54) is 12.1 Å². The second kappa shape index (κ2) is 5.40. The number of rotatable bonds is 3. The fourth-order valence-electron chi connectivity index (χ4n) is 2.36. The number of aliphatic hydroxyl groups excluding tert-OH is 1. The van der Waals surface area contributed by atoms with Crippen LogP contribution in [0.1, 0.15) is 16.9 Å². The van der Waals surface area contributed by atoms with Crippen molar-refractivity contribution in [2.45, 2.75) is 31.3 Å². The molecular formula is C12H13F3N2O4. The van der Waals surface area contributed by atoms with Crippen molar-refractivity contribution in [2.75, 3.05) is 6.54 Å². The van der Waals surface area contributed by atoms with Crippen molar-refractivity contribution in [2.24, 2.45) is 0 Å². The quantitative estimate of drug-likeness (QED) is 0.861. The van der Waals surface area contributed by atoms with Crippen LogP contribution >= 0.6 is 0 Å². The van der Waals surface area contributed by atoms with Gasteiger partial charge in [-0.1, -0.05) is 0 Å². The van der Waals surface area contributed by atoms with Crippen LogP contribution in [0.15, 0.2) is 18.3 Å². The Bertz CT molecular complexity index is 555. The molecule has 9 heteroatoms. The average Bonchev–Trinajstić information content (AvgIpc) is 2.92. The van der Waals surface area contributed by atoms with Gasteiger partial charge in [0.1, 0.15) is 18.3 Å². The highest BCUT2D eigenvalue weighted by Crippen LogP contribution is 2.23. The summed E-state index contributed by atoms with van der Waals surface area (Å²) in [7, 11) is 0. The number of carboxylic acids is 1. The lowest BCUT2D eigenvalue weighted by Crippen LogP contribution is -2.41. The number of carboxylic acid groups (broad SMARTS) is 1. The Balaban J connectivity index is 2.24. The van der Waals surface area contributed by atoms with E-state index in [2.05, 4.69) is 0 Å². The van der Waals surface area contributed by atoms with Crippen LogP contribution in [0.3, 0.4) is 0 Å². The zero-order chi connectivity index (χ0) is 15.8. The second-order valence-electron chi connectivity index (χ2n) is 4.84. The van der Waals surface area contributed by atoms with E-state index in [9.17, 15) is 27.9 Å². The summed E-state index contributed by atoms with van der Waals surface area (Å²) in [6, 6.07) is 1.24. The molecule has 0 bridgehead atoms. The molecule has 1 aliphatic heterocycles. The number of alkyl halides is 3. The van der Waals surface area contributed by atoms with Crippen LogP contribution in [0.4, 0.5) is 13.2 Å². The van der Waals surface area contributed by atoms with Crippen LogP contribution in [0.2, 0.25) is 0 Å². The van der Waals surface area contributed by atoms with Gasteiger partial charge >= 0.3 is 12.1 Å². The molecule has 0 saturated carbocycles. The summed E-state index contributed by atoms with van der Waals surface area (Å²) in [6.45, 7) is -1.55. The van der Waals surface area contributed by atoms with Crippen molar-refractivity contribution in [1.29, 1.82) is 0 Å². The van der Waals surface area contributed by atoms with Gasteiger partial charge in [-0.15, -0.1) is 0 Å². The first-order valence-electron chi connectivity index (χ1n) is 6.13. The maximum atomic E-state index is 12.4. The number of aliphatic hydroxyl groups is 1. The molecule has 2 atom stereocenters. The summed E-state index contributed by atoms with van der Waals surface area (Å²) in [5, 5.41) is 18.5. The van der Waals surface area contributed by atoms with Gasteiger partial charge in [-0.2, -0.15) is 13.2 Å². The number of amides is 1. The van der Waals surface area contributed by atoms with Crippen molar-refractivity contribution in [1.82, 2.24) is 9.47 Å². The molecule has 2 rings (SSSR count). The minimum Gasteiger partial charge on any atom is -0.480 e. The van der Waals surface area contributed by atoms with Crippen LogP contribution in [0, 0.1) is 0 Å². The molecule has 0 aliphatic carbocycles. The van der Waals surface area contributed by atoms with E-state index in [0.29, 0.717) is 4.57 Å². The Morgan fingerprint density at radius 1 is 1.38 bits per heavy atom. The van der Waals surface area contributed by atoms with Crippen LogP contribution < -0.4 is 0 Å². The fraction of sp³-hybridized carbons (Fsp3) is 0.500. The highest BCUT2D eigenvalue weighted by Gasteiger charge is 2.40. The first-order chi connectivity index (χ1) is 9.69. The van der Waals surface area contributed by atoms with Gasteiger partial charge < -0.3 is 19.7 Å². The van der Waals surface area contributed by atoms with E-state index in [-0.39, 0.29) is 18.7 Å². The predicted octanol–water partition coefficient (Wildman–Crippen LogP) is 0.710. The Morgan fingerprint density at radius 3 is 2.62 bits per heavy atom. The third kappa shape index (κ3) is 3.35. The van der Waals surface area contributed by atoms with Gasteiger partial charge in [-0.25, -0.2) is 4.79 Å². The number of halogens is 3. The number of carbonyl (C=O) groups excluding carboxylic acids is 1. The van der Waals surface area contributed by atoms with E-state index >= 15 is 0 Å². The van der Waals surface area contributed by atoms with Crippen molar-refractivity contribution in [3.05, 3.63) is 24.0 Å². The lowest BCUT2D eigenvalue weighted by molar-refractivity contribution is -0.142. The molecule has 0 unspecified atom stereocenters. The van der Waals surface area contributed by atoms with E-state index in [1.54, 1.807) is 0 Å². The number of β-amino-alcohol motifs (C(OH)–C–C–N with tert-alkyl or cyclic N) is 1. The van der Waals surface area contributed by atoms with Gasteiger partial charge in [-0.3, -0.25) is 4.79 Å². The van der Waals surface area contributed by atoms with E-state index in [0.717, 1.165) is 11.1 Å². The maximum absolute atomic E-state index is 12.4. The molecule has 6 nitrogen and oxygen atoms in total. The summed E-state index contributed by atoms with van der Waals surface area (Å²) in [4.78, 5) is 24.2. The molecule has 1 aromatic heterocycles. The molecule has 1 fully saturated rings. The molecule has 1 aromatic rings. The Labute approximate surface area is 117 Å². The lowest BCUT2D eigenvalue weighted by Gasteiger charge is -2.22. The molecular weight excluding hydrogens is 293 g/mol. The van der Waals surface area contributed by atoms with Gasteiger partial charge in [0.25, 0.3) is 5.91 Å². The minimum absolute atomic E-state index is 0.138. The smallest absolute Gasteiger partial charge is 0.406 e. The second-order valence-corrected chi connectivity index (χ2v) is 4.84. The molecule has 116 valence electrons. The zero-order valence-electron chi connectivity index (χ0n) is 10.7. The molecule has 0 radical (unpaired) electrons. The van der Waals surface area contributed by atoms with Crippen molar-refractivity contribution in [3.8, 4) is 0 Å². The highest BCUT2D eigenvalue weighted by atomic mass is 19.4. The number of likely N-dealkylation sites (tertiary alicyclic amines) is 1. The Hall–Kier alpha value is -2.03. The zero-order valence-corrected chi connectivity index (χ0v) is 10.7. The molecule has 21 heavy (non-hydrogen) atoms. The minimum atomic E-state index is -4.50. The SMILES string of the molecule is O=C(O)[C@H]1C[C@@H](O)CN1C(=O)c1cccn1CC(F)(F)F. The standard InChI is InChI=1S/C12H13F3N2O4/c13-12(14,15)6-16-3-1-2-8(16)10(19)17-5-7(18)4-9(17)11(20)21/h1-3,7,9,18H,4-6H2,(H,20,21)/t7-,9-/m1/s1. The van der Waals surface area contributed by atoms with E-state index < -0.39 is 36.7 Å². The summed E-state index contributed by atoms with van der Waals surface area (Å²) >= 11 is 0. The Kier molecular flexibility index (Phi) is 3.95. The molecule has 1 aliphatic rings. The number of nitrogens with zero attached hydrogens (tertiary/aromatic N) is 2. The first kappa shape index (κ1) is 15.4. The summed E-state index contributed by atoms with van der Waals surface area (Å²) in [5.41, 5.74) is -0.257. The fourth-order valence-corrected chi connectivity index (χ4v) is 2.36. The molecule has 2 heterocycles. The van der Waals surface area contributed by atoms with Crippen LogP contribution in [-0.2, 0) is 11.3 Å². The largest absolute Gasteiger partial charge is 0.480 e. The summed E-state index contributed by atoms with van der Waals surface area (Å²) < 4.78 is 38.0. The van der Waals surface area contributed by atoms with Gasteiger partial charge in [0.2, 0.25) is 0 Å². The average molecular weight is 306 g/mol. The van der Waals surface area contributed by atoms with Crippen molar-refractivity contribution >= 4 is 11.9 Å². The third-order valence-electron chi connectivity index (χ3n) is 3.22. The number of aliphatic carboxylic acids is 1. The van der Waals surface area contributed by atoms with Crippen molar-refractivity contribution < 1.29 is 33.0 Å². The number of hydrogen-bond acceptors (Lipinski definition) is 3. The number of hydrogen-bond donors (Lipinski definition) is 2. The topological polar surface area (TPSA) is 82.8 Å². The van der Waals surface area contributed by atoms with E-state index in [1.807, 2.05) is 0 Å². The third-order valence-corrected chi connectivity index (χ3v) is 3.22. The van der Waals surface area contributed by atoms with Gasteiger partial charge in [0.15, 0.2) is 0 Å². The lowest BCUT2D eigenvalue weighted by atomic mass is 10.2. The van der Waals surface area contributed by atoms with Gasteiger partial charge in [-0.05, 0) is 12.1 Å². The van der Waals surface area contributed by atoms with Crippen LogP contribution in [0.5, 0.6) is 0 Å². The predicted molar refractivity (Wildman–Crippen MR) is 63.6 cm³/mol. The summed E-state index contributed by atoms with van der Waals surface area (Å²) in [5.74, 6) is -2.14. The van der Waals surface area contributed by atoms with Gasteiger partial charge in [0, 0.05) is 19.2 Å². The molecule has 1 amide bonds. The molecule has 0 aromatic carbocycles. The van der Waals surface area contributed by atoms with Crippen LogP contribution in [0.25, 0.3) is 0 Å². The normalized spacial score (nSPS) is 22.6. The molecule has 2 N–H and O–H groups in total. The number of aromatic nitrogens is 1. The highest BCUT2D eigenvalue weighted by molar-refractivity contribution is 5.95. The summed E-state index contributed by atoms with van der Waals surface area (Å²) in [6.07, 6.45) is -4.53. The maximum Gasteiger partial charge on any atom is 0.406 e. The number of carbonyl (C=O) groups is 2. The first-order valence-corrected chi connectivity index (χ1v) is 6.13. The van der Waals surface area contributed by atoms with Crippen molar-refractivity contribution in [3.63, 3.8) is 0 Å². The monoisotopic (exact) mass is 306 g/mol. The molecule has 0 spiro atoms. The molecule has 1 saturated heterocycles.